The summed E-state index contributed by atoms with van der Waals surface area (Å²) >= 11 is 6.38. The minimum atomic E-state index is -3.51. The first-order valence-electron chi connectivity index (χ1n) is 17.1. The molecule has 3 aliphatic rings. The summed E-state index contributed by atoms with van der Waals surface area (Å²) in [5.74, 6) is 2.14. The van der Waals surface area contributed by atoms with Gasteiger partial charge >= 0.3 is 0 Å². The van der Waals surface area contributed by atoms with Gasteiger partial charge in [0.2, 0.25) is 10.0 Å². The number of ether oxygens (including phenoxy) is 2. The maximum atomic E-state index is 13.4. The topological polar surface area (TPSA) is 111 Å². The zero-order valence-corrected chi connectivity index (χ0v) is 29.1. The fraction of sp³-hybridized carbons (Fsp3) is 0.571. The molecule has 0 unspecified atom stereocenters. The van der Waals surface area contributed by atoms with Crippen molar-refractivity contribution in [3.63, 3.8) is 0 Å². The van der Waals surface area contributed by atoms with Gasteiger partial charge in [-0.05, 0) is 109 Å². The predicted octanol–water partition coefficient (Wildman–Crippen LogP) is 5.79. The molecule has 1 saturated carbocycles. The van der Waals surface area contributed by atoms with E-state index in [4.69, 9.17) is 21.1 Å². The van der Waals surface area contributed by atoms with Crippen LogP contribution in [0.25, 0.3) is 0 Å². The molecular formula is C35H47ClN6O4S. The first-order valence-corrected chi connectivity index (χ1v) is 19.0. The van der Waals surface area contributed by atoms with Crippen LogP contribution >= 0.6 is 11.6 Å². The van der Waals surface area contributed by atoms with Crippen molar-refractivity contribution >= 4 is 27.3 Å². The number of sulfonamides is 1. The summed E-state index contributed by atoms with van der Waals surface area (Å²) in [6.07, 6.45) is 11.9. The molecule has 0 radical (unpaired) electrons. The van der Waals surface area contributed by atoms with Gasteiger partial charge in [0.1, 0.15) is 12.4 Å². The van der Waals surface area contributed by atoms with E-state index in [0.29, 0.717) is 43.5 Å². The second-order valence-corrected chi connectivity index (χ2v) is 15.6. The molecule has 2 aromatic carbocycles. The number of hydrogen-bond donors (Lipinski definition) is 1. The Balaban J connectivity index is 1.31. The van der Waals surface area contributed by atoms with Gasteiger partial charge in [-0.3, -0.25) is 0 Å². The number of tetrazole rings is 1. The number of hydrogen-bond acceptors (Lipinski definition) is 8. The van der Waals surface area contributed by atoms with Crippen LogP contribution in [0.15, 0.2) is 48.6 Å². The van der Waals surface area contributed by atoms with Crippen molar-refractivity contribution in [1.29, 1.82) is 0 Å². The molecule has 10 nitrogen and oxygen atoms in total. The Hall–Kier alpha value is -2.99. The minimum Gasteiger partial charge on any atom is -0.491 e. The molecule has 0 amide bonds. The molecule has 2 bridgehead atoms. The Morgan fingerprint density at radius 3 is 2.77 bits per heavy atom. The Labute approximate surface area is 283 Å². The number of allylic oxidation sites excluding steroid dienone is 1. The van der Waals surface area contributed by atoms with Gasteiger partial charge in [-0.25, -0.2) is 13.1 Å². The quantitative estimate of drug-likeness (QED) is 0.345. The van der Waals surface area contributed by atoms with E-state index in [1.165, 1.54) is 15.9 Å². The second kappa shape index (κ2) is 15.5. The molecule has 1 fully saturated rings. The van der Waals surface area contributed by atoms with Crippen molar-refractivity contribution in [2.45, 2.75) is 89.2 Å². The molecule has 2 aliphatic heterocycles. The number of fused-ring (bicyclic) bond motifs is 3. The summed E-state index contributed by atoms with van der Waals surface area (Å²) in [5.41, 5.74) is 4.53. The lowest BCUT2D eigenvalue weighted by Crippen LogP contribution is -2.44. The van der Waals surface area contributed by atoms with E-state index in [1.54, 1.807) is 7.05 Å². The van der Waals surface area contributed by atoms with E-state index in [-0.39, 0.29) is 19.3 Å². The van der Waals surface area contributed by atoms with Gasteiger partial charge in [0.05, 0.1) is 30.7 Å². The van der Waals surface area contributed by atoms with Gasteiger partial charge < -0.3 is 14.4 Å². The molecule has 3 heterocycles. The Bertz CT molecular complexity index is 1650. The van der Waals surface area contributed by atoms with Crippen molar-refractivity contribution in [3.8, 4) is 5.75 Å². The zero-order valence-electron chi connectivity index (χ0n) is 27.5. The molecule has 4 atom stereocenters. The van der Waals surface area contributed by atoms with Crippen LogP contribution in [0, 0.1) is 11.8 Å². The third kappa shape index (κ3) is 8.54. The first kappa shape index (κ1) is 33.9. The normalized spacial score (nSPS) is 26.0. The molecule has 0 spiro atoms. The van der Waals surface area contributed by atoms with Crippen LogP contribution < -0.4 is 14.4 Å². The maximum Gasteiger partial charge on any atom is 0.214 e. The van der Waals surface area contributed by atoms with Crippen molar-refractivity contribution in [1.82, 2.24) is 24.9 Å². The molecule has 254 valence electrons. The van der Waals surface area contributed by atoms with E-state index in [1.807, 2.05) is 25.1 Å². The summed E-state index contributed by atoms with van der Waals surface area (Å²) in [7, 11) is -1.76. The fourth-order valence-corrected chi connectivity index (χ4v) is 8.80. The molecule has 0 saturated heterocycles. The Kier molecular flexibility index (Phi) is 11.2. The maximum absolute atomic E-state index is 13.4. The molecule has 47 heavy (non-hydrogen) atoms. The SMILES string of the molecule is CC[C@@H]1CC/C=C/[C@H](OCc2nnn(C)n2)[C@@H]2CC[C@H]2CN2CCCCc3cc(Cl)ccc3CCOc3ccc(cc32)CNS1(=O)=O. The number of halogens is 1. The highest BCUT2D eigenvalue weighted by Crippen LogP contribution is 2.42. The van der Waals surface area contributed by atoms with Crippen molar-refractivity contribution in [2.75, 3.05) is 24.6 Å². The van der Waals surface area contributed by atoms with Crippen LogP contribution in [0.5, 0.6) is 5.75 Å². The highest BCUT2D eigenvalue weighted by atomic mass is 35.5. The highest BCUT2D eigenvalue weighted by molar-refractivity contribution is 7.90. The highest BCUT2D eigenvalue weighted by Gasteiger charge is 2.38. The first-order chi connectivity index (χ1) is 22.8. The van der Waals surface area contributed by atoms with Crippen LogP contribution in [0.3, 0.4) is 0 Å². The van der Waals surface area contributed by atoms with Crippen LogP contribution in [-0.2, 0) is 47.8 Å². The van der Waals surface area contributed by atoms with Gasteiger partial charge in [-0.15, -0.1) is 10.2 Å². The summed E-state index contributed by atoms with van der Waals surface area (Å²) < 4.78 is 42.7. The van der Waals surface area contributed by atoms with E-state index >= 15 is 0 Å². The molecular weight excluding hydrogens is 636 g/mol. The lowest BCUT2D eigenvalue weighted by molar-refractivity contribution is -0.0247. The van der Waals surface area contributed by atoms with Crippen molar-refractivity contribution < 1.29 is 17.9 Å². The van der Waals surface area contributed by atoms with Crippen LogP contribution in [0.2, 0.25) is 5.02 Å². The largest absolute Gasteiger partial charge is 0.491 e. The van der Waals surface area contributed by atoms with E-state index in [0.717, 1.165) is 73.6 Å². The number of rotatable bonds is 4. The third-order valence-corrected chi connectivity index (χ3v) is 12.2. The number of aryl methyl sites for hydroxylation is 2. The molecule has 12 heteroatoms. The summed E-state index contributed by atoms with van der Waals surface area (Å²) in [4.78, 5) is 3.91. The van der Waals surface area contributed by atoms with Crippen LogP contribution in [-0.4, -0.2) is 59.7 Å². The van der Waals surface area contributed by atoms with Crippen molar-refractivity contribution in [3.05, 3.63) is 76.1 Å². The number of nitrogens with zero attached hydrogens (tertiary/aromatic N) is 5. The summed E-state index contributed by atoms with van der Waals surface area (Å²) in [6, 6.07) is 12.3. The van der Waals surface area contributed by atoms with Gasteiger partial charge in [0, 0.05) is 31.1 Å². The number of aromatic nitrogens is 4. The second-order valence-electron chi connectivity index (χ2n) is 13.1. The smallest absolute Gasteiger partial charge is 0.214 e. The van der Waals surface area contributed by atoms with E-state index in [2.05, 4.69) is 55.4 Å². The molecule has 3 aromatic rings. The van der Waals surface area contributed by atoms with Crippen LogP contribution in [0.1, 0.15) is 74.4 Å². The zero-order chi connectivity index (χ0) is 32.8. The van der Waals surface area contributed by atoms with E-state index in [9.17, 15) is 8.42 Å². The van der Waals surface area contributed by atoms with Crippen LogP contribution in [0.4, 0.5) is 5.69 Å². The molecule has 1 aromatic heterocycles. The minimum absolute atomic E-state index is 0.129. The molecule has 6 rings (SSSR count). The monoisotopic (exact) mass is 682 g/mol. The third-order valence-electron chi connectivity index (χ3n) is 9.95. The lowest BCUT2D eigenvalue weighted by Gasteiger charge is -2.44. The summed E-state index contributed by atoms with van der Waals surface area (Å²) in [6.45, 7) is 4.75. The number of nitrogens with one attached hydrogen (secondary N) is 1. The molecule has 1 aliphatic carbocycles. The number of anilines is 1. The lowest BCUT2D eigenvalue weighted by atomic mass is 9.70. The summed E-state index contributed by atoms with van der Waals surface area (Å²) in [5, 5.41) is 12.7. The average Bonchev–Trinajstić information content (AvgIpc) is 3.46. The Morgan fingerprint density at radius 2 is 1.98 bits per heavy atom. The van der Waals surface area contributed by atoms with E-state index < -0.39 is 15.3 Å². The van der Waals surface area contributed by atoms with Gasteiger partial charge in [0.15, 0.2) is 5.82 Å². The average molecular weight is 683 g/mol. The standard InChI is InChI=1S/C35H47ClN6O4S/c1-3-30-9-4-5-10-33(46-24-35-38-40-41(2)39-35)31-15-13-28(31)23-42-18-7-6-8-27-21-29(36)14-12-26(27)17-19-45-34-16-11-25(20-32(34)42)22-37-47(30,43)44/h5,10-12,14,16,20-21,28,30-31,33,37H,3-4,6-9,13,15,17-19,22-24H2,1-2H3/b10-5+/t28-,30+,31+,33-/m0/s1. The predicted molar refractivity (Wildman–Crippen MR) is 184 cm³/mol. The number of benzene rings is 2. The van der Waals surface area contributed by atoms with Crippen molar-refractivity contribution in [2.24, 2.45) is 18.9 Å². The Morgan fingerprint density at radius 1 is 1.09 bits per heavy atom. The molecule has 1 N–H and O–H groups in total. The van der Waals surface area contributed by atoms with Gasteiger partial charge in [-0.1, -0.05) is 42.8 Å². The fourth-order valence-electron chi connectivity index (χ4n) is 7.12. The van der Waals surface area contributed by atoms with Gasteiger partial charge in [0.25, 0.3) is 0 Å². The van der Waals surface area contributed by atoms with Gasteiger partial charge in [-0.2, -0.15) is 4.80 Å².